The van der Waals surface area contributed by atoms with Crippen molar-refractivity contribution in [2.75, 3.05) is 32.2 Å². The molecular formula is C22H24F2N7O2Si. The van der Waals surface area contributed by atoms with Gasteiger partial charge in [-0.3, -0.25) is 9.14 Å². The Morgan fingerprint density at radius 1 is 1.41 bits per heavy atom. The smallest absolute Gasteiger partial charge is 0.255 e. The Bertz CT molecular complexity index is 1340. The average molecular weight is 485 g/mol. The quantitative estimate of drug-likeness (QED) is 0.360. The molecule has 177 valence electrons. The second-order valence-electron chi connectivity index (χ2n) is 8.45. The number of anilines is 1. The number of fused-ring (bicyclic) bond motifs is 1. The van der Waals surface area contributed by atoms with Gasteiger partial charge in [0.1, 0.15) is 28.4 Å². The molecule has 0 spiro atoms. The highest BCUT2D eigenvalue weighted by Crippen LogP contribution is 2.38. The summed E-state index contributed by atoms with van der Waals surface area (Å²) >= 11 is 0. The molecule has 34 heavy (non-hydrogen) atoms. The van der Waals surface area contributed by atoms with Crippen LogP contribution < -0.4 is 16.4 Å². The van der Waals surface area contributed by atoms with Crippen molar-refractivity contribution in [3.05, 3.63) is 40.8 Å². The number of rotatable bonds is 6. The summed E-state index contributed by atoms with van der Waals surface area (Å²) in [4.78, 5) is 16.4. The number of amides is 1. The SMILES string of the molecule is CNc1c(C(N)=O)c(C#Cc2c(F)cc3c(ncn3C3CC3)c2F)nn1[Si]1CN[C@@H](COC)C1. The maximum atomic E-state index is 15.1. The largest absolute Gasteiger partial charge is 0.383 e. The van der Waals surface area contributed by atoms with E-state index < -0.39 is 32.1 Å². The second kappa shape index (κ2) is 8.82. The monoisotopic (exact) mass is 484 g/mol. The van der Waals surface area contributed by atoms with Gasteiger partial charge in [0, 0.05) is 38.5 Å². The predicted octanol–water partition coefficient (Wildman–Crippen LogP) is 1.38. The van der Waals surface area contributed by atoms with Gasteiger partial charge >= 0.3 is 0 Å². The number of carbonyl (C=O) groups is 1. The molecule has 3 aromatic rings. The van der Waals surface area contributed by atoms with Gasteiger partial charge in [-0.15, -0.1) is 0 Å². The third kappa shape index (κ3) is 3.85. The molecule has 2 aliphatic rings. The number of benzene rings is 1. The molecule has 1 saturated heterocycles. The van der Waals surface area contributed by atoms with Crippen molar-refractivity contribution in [2.24, 2.45) is 5.73 Å². The zero-order valence-electron chi connectivity index (χ0n) is 18.8. The van der Waals surface area contributed by atoms with E-state index in [0.717, 1.165) is 18.9 Å². The van der Waals surface area contributed by atoms with Crippen molar-refractivity contribution in [3.63, 3.8) is 0 Å². The van der Waals surface area contributed by atoms with Crippen LogP contribution in [-0.4, -0.2) is 66.8 Å². The number of ether oxygens (including phenoxy) is 1. The molecule has 1 saturated carbocycles. The number of nitrogens with zero attached hydrogens (tertiary/aromatic N) is 4. The highest BCUT2D eigenvalue weighted by Gasteiger charge is 2.33. The van der Waals surface area contributed by atoms with Crippen molar-refractivity contribution in [3.8, 4) is 11.8 Å². The number of halogens is 2. The number of methoxy groups -OCH3 is 1. The summed E-state index contributed by atoms with van der Waals surface area (Å²) in [6, 6.07) is 2.50. The third-order valence-corrected chi connectivity index (χ3v) is 8.62. The van der Waals surface area contributed by atoms with Crippen LogP contribution in [0.15, 0.2) is 12.4 Å². The number of carbonyl (C=O) groups excluding carboxylic acids is 1. The number of nitrogens with two attached hydrogens (primary N) is 1. The molecule has 1 radical (unpaired) electrons. The zero-order chi connectivity index (χ0) is 24.0. The highest BCUT2D eigenvalue weighted by molar-refractivity contribution is 6.58. The molecule has 1 atom stereocenters. The molecule has 2 aromatic heterocycles. The summed E-state index contributed by atoms with van der Waals surface area (Å²) in [5.41, 5.74) is 5.87. The van der Waals surface area contributed by atoms with Gasteiger partial charge in [0.2, 0.25) is 8.96 Å². The molecule has 0 unspecified atom stereocenters. The predicted molar refractivity (Wildman–Crippen MR) is 124 cm³/mol. The molecule has 5 rings (SSSR count). The van der Waals surface area contributed by atoms with Crippen LogP contribution in [0.4, 0.5) is 14.6 Å². The van der Waals surface area contributed by atoms with E-state index in [2.05, 4.69) is 32.6 Å². The Kier molecular flexibility index (Phi) is 5.84. The average Bonchev–Trinajstić information content (AvgIpc) is 3.22. The summed E-state index contributed by atoms with van der Waals surface area (Å²) in [7, 11) is 2.06. The lowest BCUT2D eigenvalue weighted by molar-refractivity contribution is 0.100. The minimum absolute atomic E-state index is 0.0702. The molecule has 9 nitrogen and oxygen atoms in total. The fourth-order valence-electron chi connectivity index (χ4n) is 4.35. The van der Waals surface area contributed by atoms with Crippen LogP contribution in [0.5, 0.6) is 0 Å². The number of aromatic nitrogens is 4. The molecule has 1 aromatic carbocycles. The molecular weight excluding hydrogens is 460 g/mol. The minimum atomic E-state index is -1.25. The van der Waals surface area contributed by atoms with Crippen molar-refractivity contribution < 1.29 is 18.3 Å². The first-order chi connectivity index (χ1) is 16.4. The first kappa shape index (κ1) is 22.5. The van der Waals surface area contributed by atoms with Crippen LogP contribution in [-0.2, 0) is 4.74 Å². The normalized spacial score (nSPS) is 18.3. The minimum Gasteiger partial charge on any atom is -0.383 e. The van der Waals surface area contributed by atoms with Crippen molar-refractivity contribution in [1.29, 1.82) is 0 Å². The lowest BCUT2D eigenvalue weighted by Gasteiger charge is -2.12. The molecule has 0 bridgehead atoms. The van der Waals surface area contributed by atoms with Gasteiger partial charge in [-0.05, 0) is 24.8 Å². The van der Waals surface area contributed by atoms with Gasteiger partial charge in [0.15, 0.2) is 5.82 Å². The first-order valence-corrected chi connectivity index (χ1v) is 12.8. The van der Waals surface area contributed by atoms with Gasteiger partial charge in [-0.2, -0.15) is 5.10 Å². The maximum Gasteiger partial charge on any atom is 0.255 e. The van der Waals surface area contributed by atoms with Crippen molar-refractivity contribution in [1.82, 2.24) is 24.3 Å². The summed E-state index contributed by atoms with van der Waals surface area (Å²) in [5.74, 6) is 3.34. The van der Waals surface area contributed by atoms with Crippen molar-refractivity contribution in [2.45, 2.75) is 31.0 Å². The van der Waals surface area contributed by atoms with Crippen LogP contribution in [0, 0.1) is 23.5 Å². The molecule has 3 heterocycles. The lowest BCUT2D eigenvalue weighted by Crippen LogP contribution is -2.30. The number of hydrogen-bond acceptors (Lipinski definition) is 6. The van der Waals surface area contributed by atoms with E-state index in [4.69, 9.17) is 10.5 Å². The van der Waals surface area contributed by atoms with E-state index >= 15 is 4.39 Å². The van der Waals surface area contributed by atoms with Gasteiger partial charge in [0.05, 0.1) is 24.0 Å². The Labute approximate surface area is 196 Å². The van der Waals surface area contributed by atoms with E-state index in [9.17, 15) is 9.18 Å². The van der Waals surface area contributed by atoms with Gasteiger partial charge in [-0.1, -0.05) is 5.92 Å². The summed E-state index contributed by atoms with van der Waals surface area (Å²) in [5, 5.41) is 10.9. The summed E-state index contributed by atoms with van der Waals surface area (Å²) < 4.78 is 38.8. The van der Waals surface area contributed by atoms with E-state index in [1.807, 2.05) is 0 Å². The zero-order valence-corrected chi connectivity index (χ0v) is 19.8. The first-order valence-electron chi connectivity index (χ1n) is 11.0. The van der Waals surface area contributed by atoms with Gasteiger partial charge < -0.3 is 25.7 Å². The lowest BCUT2D eigenvalue weighted by atomic mass is 10.1. The van der Waals surface area contributed by atoms with Crippen molar-refractivity contribution >= 4 is 31.7 Å². The van der Waals surface area contributed by atoms with E-state index in [1.165, 1.54) is 12.4 Å². The molecule has 1 amide bonds. The van der Waals surface area contributed by atoms with Crippen LogP contribution in [0.25, 0.3) is 11.0 Å². The number of hydrogen-bond donors (Lipinski definition) is 3. The molecule has 4 N–H and O–H groups in total. The number of nitrogens with one attached hydrogen (secondary N) is 2. The van der Waals surface area contributed by atoms with Gasteiger partial charge in [0.25, 0.3) is 5.91 Å². The molecule has 2 fully saturated rings. The van der Waals surface area contributed by atoms with Gasteiger partial charge in [-0.25, -0.2) is 13.8 Å². The Hall–Kier alpha value is -3.27. The fourth-order valence-corrected chi connectivity index (χ4v) is 6.95. The number of primary amides is 1. The Morgan fingerprint density at radius 2 is 2.21 bits per heavy atom. The van der Waals surface area contributed by atoms with Crippen LogP contribution >= 0.6 is 0 Å². The van der Waals surface area contributed by atoms with E-state index in [1.54, 1.807) is 23.1 Å². The van der Waals surface area contributed by atoms with E-state index in [-0.39, 0.29) is 28.9 Å². The summed E-state index contributed by atoms with van der Waals surface area (Å²) in [6.07, 6.45) is 4.18. The highest BCUT2D eigenvalue weighted by atomic mass is 28.3. The van der Waals surface area contributed by atoms with Crippen LogP contribution in [0.2, 0.25) is 6.04 Å². The summed E-state index contributed by atoms with van der Waals surface area (Å²) in [6.45, 7) is 0.567. The van der Waals surface area contributed by atoms with Crippen LogP contribution in [0.1, 0.15) is 40.5 Å². The molecule has 1 aliphatic carbocycles. The standard InChI is InChI=1S/C22H24F2N7O2Si/c1-26-22-18(21(25)32)16(29-31(22)34-9-12(8-33-2)28-11-34)6-5-14-15(23)7-17-20(19(14)24)27-10-30(17)13-3-4-13/h7,10,12-13,26,28H,3-4,8-9,11H2,1-2H3,(H2,25,32)/t12-/m0/s1. The number of imidazole rings is 1. The molecule has 12 heteroatoms. The third-order valence-electron chi connectivity index (χ3n) is 6.12. The topological polar surface area (TPSA) is 112 Å². The second-order valence-corrected chi connectivity index (χ2v) is 10.8. The maximum absolute atomic E-state index is 15.1. The Balaban J connectivity index is 1.54. The Morgan fingerprint density at radius 3 is 2.88 bits per heavy atom. The van der Waals surface area contributed by atoms with E-state index in [0.29, 0.717) is 24.1 Å². The van der Waals surface area contributed by atoms with Crippen LogP contribution in [0.3, 0.4) is 0 Å². The fraction of sp³-hybridized carbons (Fsp3) is 0.409. The molecule has 1 aliphatic heterocycles.